The van der Waals surface area contributed by atoms with Gasteiger partial charge in [0.25, 0.3) is 0 Å². The van der Waals surface area contributed by atoms with Gasteiger partial charge in [-0.2, -0.15) is 5.26 Å². The summed E-state index contributed by atoms with van der Waals surface area (Å²) in [5, 5.41) is 10.6. The van der Waals surface area contributed by atoms with Gasteiger partial charge in [0, 0.05) is 12.2 Å². The van der Waals surface area contributed by atoms with Crippen LogP contribution in [0.3, 0.4) is 0 Å². The number of aromatic nitrogens is 1. The van der Waals surface area contributed by atoms with Crippen molar-refractivity contribution in [2.45, 2.75) is 20.4 Å². The van der Waals surface area contributed by atoms with Gasteiger partial charge in [-0.25, -0.2) is 0 Å². The summed E-state index contributed by atoms with van der Waals surface area (Å²) in [5.41, 5.74) is 1.58. The lowest BCUT2D eigenvalue weighted by molar-refractivity contribution is -0.146. The van der Waals surface area contributed by atoms with Crippen LogP contribution in [0.5, 0.6) is 0 Å². The molecule has 100 valence electrons. The van der Waals surface area contributed by atoms with Gasteiger partial charge in [-0.05, 0) is 26.0 Å². The van der Waals surface area contributed by atoms with Gasteiger partial charge in [0.05, 0.1) is 18.3 Å². The molecule has 2 amide bonds. The molecule has 1 rings (SSSR count). The smallest absolute Gasteiger partial charge is 0.312 e. The zero-order valence-electron chi connectivity index (χ0n) is 11.0. The van der Waals surface area contributed by atoms with E-state index in [2.05, 4.69) is 10.3 Å². The quantitative estimate of drug-likeness (QED) is 0.626. The first-order chi connectivity index (χ1) is 9.08. The summed E-state index contributed by atoms with van der Waals surface area (Å²) in [6.07, 6.45) is 0. The molecule has 1 aromatic heterocycles. The average molecular weight is 260 g/mol. The van der Waals surface area contributed by atoms with Gasteiger partial charge in [0.2, 0.25) is 0 Å². The normalized spacial score (nSPS) is 9.53. The van der Waals surface area contributed by atoms with Crippen molar-refractivity contribution in [3.05, 3.63) is 29.6 Å². The van der Waals surface area contributed by atoms with Crippen LogP contribution in [0, 0.1) is 18.3 Å². The van der Waals surface area contributed by atoms with E-state index in [1.807, 2.05) is 19.1 Å². The van der Waals surface area contributed by atoms with E-state index in [9.17, 15) is 9.59 Å². The number of rotatable bonds is 4. The van der Waals surface area contributed by atoms with Crippen molar-refractivity contribution in [2.75, 3.05) is 13.1 Å². The lowest BCUT2D eigenvalue weighted by Crippen LogP contribution is -2.42. The highest BCUT2D eigenvalue weighted by molar-refractivity contribution is 6.35. The maximum atomic E-state index is 11.8. The number of carbonyl (C=O) groups is 2. The molecule has 0 spiro atoms. The highest BCUT2D eigenvalue weighted by Gasteiger charge is 2.20. The summed E-state index contributed by atoms with van der Waals surface area (Å²) in [4.78, 5) is 29.0. The van der Waals surface area contributed by atoms with Crippen LogP contribution >= 0.6 is 0 Å². The molecule has 0 aromatic carbocycles. The molecule has 0 aliphatic carbocycles. The number of nitrogens with zero attached hydrogens (tertiary/aromatic N) is 3. The minimum absolute atomic E-state index is 0.176. The summed E-state index contributed by atoms with van der Waals surface area (Å²) in [7, 11) is 0. The summed E-state index contributed by atoms with van der Waals surface area (Å²) in [6.45, 7) is 4.14. The summed E-state index contributed by atoms with van der Waals surface area (Å²) in [6, 6.07) is 7.27. The second-order valence-electron chi connectivity index (χ2n) is 3.93. The topological polar surface area (TPSA) is 86.1 Å². The third-order valence-electron chi connectivity index (χ3n) is 2.49. The second-order valence-corrected chi connectivity index (χ2v) is 3.93. The number of nitrogens with one attached hydrogen (secondary N) is 1. The number of carbonyl (C=O) groups excluding carboxylic acids is 2. The fourth-order valence-corrected chi connectivity index (χ4v) is 1.55. The van der Waals surface area contributed by atoms with Crippen LogP contribution in [0.2, 0.25) is 0 Å². The van der Waals surface area contributed by atoms with Gasteiger partial charge in [0.15, 0.2) is 0 Å². The Morgan fingerprint density at radius 1 is 1.47 bits per heavy atom. The average Bonchev–Trinajstić information content (AvgIpc) is 2.41. The Morgan fingerprint density at radius 3 is 2.79 bits per heavy atom. The zero-order valence-corrected chi connectivity index (χ0v) is 11.0. The van der Waals surface area contributed by atoms with E-state index in [4.69, 9.17) is 5.26 Å². The molecule has 1 aromatic rings. The van der Waals surface area contributed by atoms with E-state index in [-0.39, 0.29) is 13.1 Å². The molecule has 6 nitrogen and oxygen atoms in total. The highest BCUT2D eigenvalue weighted by atomic mass is 16.2. The number of nitriles is 1. The standard InChI is InChI=1S/C13H16N4O2/c1-3-17(13(19)12(18)15-8-7-14)9-11-6-4-5-10(2)16-11/h4-6H,3,8-9H2,1-2H3,(H,15,18). The maximum Gasteiger partial charge on any atom is 0.312 e. The van der Waals surface area contributed by atoms with E-state index in [0.29, 0.717) is 6.54 Å². The predicted molar refractivity (Wildman–Crippen MR) is 68.7 cm³/mol. The molecule has 0 unspecified atom stereocenters. The second kappa shape index (κ2) is 7.11. The number of likely N-dealkylation sites (N-methyl/N-ethyl adjacent to an activating group) is 1. The van der Waals surface area contributed by atoms with Crippen LogP contribution in [0.4, 0.5) is 0 Å². The Morgan fingerprint density at radius 2 is 2.21 bits per heavy atom. The molecule has 0 aliphatic heterocycles. The number of hydrogen-bond acceptors (Lipinski definition) is 4. The highest BCUT2D eigenvalue weighted by Crippen LogP contribution is 2.03. The Hall–Kier alpha value is -2.42. The van der Waals surface area contributed by atoms with Gasteiger partial charge < -0.3 is 10.2 Å². The molecule has 0 atom stereocenters. The van der Waals surface area contributed by atoms with E-state index < -0.39 is 11.8 Å². The van der Waals surface area contributed by atoms with E-state index in [1.54, 1.807) is 19.1 Å². The molecule has 0 bridgehead atoms. The molecule has 1 N–H and O–H groups in total. The van der Waals surface area contributed by atoms with Gasteiger partial charge in [0.1, 0.15) is 6.54 Å². The van der Waals surface area contributed by atoms with Crippen molar-refractivity contribution in [2.24, 2.45) is 0 Å². The maximum absolute atomic E-state index is 11.8. The third-order valence-corrected chi connectivity index (χ3v) is 2.49. The largest absolute Gasteiger partial charge is 0.335 e. The first-order valence-electron chi connectivity index (χ1n) is 5.95. The molecule has 0 radical (unpaired) electrons. The molecular formula is C13H16N4O2. The first-order valence-corrected chi connectivity index (χ1v) is 5.95. The molecular weight excluding hydrogens is 244 g/mol. The molecule has 0 fully saturated rings. The monoisotopic (exact) mass is 260 g/mol. The van der Waals surface area contributed by atoms with Crippen molar-refractivity contribution < 1.29 is 9.59 Å². The summed E-state index contributed by atoms with van der Waals surface area (Å²) < 4.78 is 0. The molecule has 0 aliphatic rings. The lowest BCUT2D eigenvalue weighted by Gasteiger charge is -2.19. The Kier molecular flexibility index (Phi) is 5.48. The fraction of sp³-hybridized carbons (Fsp3) is 0.385. The minimum atomic E-state index is -0.768. The van der Waals surface area contributed by atoms with Crippen molar-refractivity contribution in [1.29, 1.82) is 5.26 Å². The number of pyridine rings is 1. The minimum Gasteiger partial charge on any atom is -0.335 e. The van der Waals surface area contributed by atoms with Gasteiger partial charge in [-0.15, -0.1) is 0 Å². The van der Waals surface area contributed by atoms with Crippen LogP contribution in [0.15, 0.2) is 18.2 Å². The fourth-order valence-electron chi connectivity index (χ4n) is 1.55. The van der Waals surface area contributed by atoms with Gasteiger partial charge in [-0.1, -0.05) is 6.07 Å². The van der Waals surface area contributed by atoms with Crippen LogP contribution in [0.1, 0.15) is 18.3 Å². The number of aryl methyl sites for hydroxylation is 1. The Bertz CT molecular complexity index is 508. The van der Waals surface area contributed by atoms with Crippen molar-refractivity contribution in [3.63, 3.8) is 0 Å². The van der Waals surface area contributed by atoms with E-state index in [1.165, 1.54) is 4.90 Å². The molecule has 0 saturated heterocycles. The van der Waals surface area contributed by atoms with E-state index >= 15 is 0 Å². The number of hydrogen-bond donors (Lipinski definition) is 1. The van der Waals surface area contributed by atoms with Crippen LogP contribution in [-0.4, -0.2) is 34.8 Å². The molecule has 0 saturated carbocycles. The van der Waals surface area contributed by atoms with E-state index in [0.717, 1.165) is 11.4 Å². The van der Waals surface area contributed by atoms with Crippen molar-refractivity contribution >= 4 is 11.8 Å². The molecule has 19 heavy (non-hydrogen) atoms. The summed E-state index contributed by atoms with van der Waals surface area (Å²) >= 11 is 0. The Balaban J connectivity index is 2.70. The number of amides is 2. The zero-order chi connectivity index (χ0) is 14.3. The van der Waals surface area contributed by atoms with Crippen molar-refractivity contribution in [3.8, 4) is 6.07 Å². The predicted octanol–water partition coefficient (Wildman–Crippen LogP) is 0.378. The Labute approximate surface area is 112 Å². The van der Waals surface area contributed by atoms with Gasteiger partial charge in [-0.3, -0.25) is 14.6 Å². The van der Waals surface area contributed by atoms with Crippen LogP contribution in [-0.2, 0) is 16.1 Å². The SMILES string of the molecule is CCN(Cc1cccc(C)n1)C(=O)C(=O)NCC#N. The van der Waals surface area contributed by atoms with Crippen LogP contribution < -0.4 is 5.32 Å². The third kappa shape index (κ3) is 4.39. The molecule has 6 heteroatoms. The lowest BCUT2D eigenvalue weighted by atomic mass is 10.3. The van der Waals surface area contributed by atoms with Crippen LogP contribution in [0.25, 0.3) is 0 Å². The first kappa shape index (κ1) is 14.6. The van der Waals surface area contributed by atoms with Crippen molar-refractivity contribution in [1.82, 2.24) is 15.2 Å². The van der Waals surface area contributed by atoms with Gasteiger partial charge >= 0.3 is 11.8 Å². The summed E-state index contributed by atoms with van der Waals surface area (Å²) in [5.74, 6) is -1.42. The molecule has 1 heterocycles.